The highest BCUT2D eigenvalue weighted by atomic mass is 32.1. The fourth-order valence-electron chi connectivity index (χ4n) is 1.73. The molecule has 1 heterocycles. The quantitative estimate of drug-likeness (QED) is 0.784. The molecular weight excluding hydrogens is 178 g/mol. The van der Waals surface area contributed by atoms with Crippen LogP contribution in [0, 0.1) is 12.8 Å². The number of thiophene rings is 1. The molecule has 2 N–H and O–H groups in total. The molecule has 1 saturated carbocycles. The summed E-state index contributed by atoms with van der Waals surface area (Å²) in [4.78, 5) is 0. The van der Waals surface area contributed by atoms with Crippen LogP contribution < -0.4 is 5.73 Å². The second-order valence-corrected chi connectivity index (χ2v) is 4.88. The minimum atomic E-state index is 0.284. The zero-order chi connectivity index (χ0) is 9.26. The van der Waals surface area contributed by atoms with Gasteiger partial charge in [-0.2, -0.15) is 11.3 Å². The molecule has 0 amide bonds. The van der Waals surface area contributed by atoms with Gasteiger partial charge in [-0.25, -0.2) is 0 Å². The zero-order valence-electron chi connectivity index (χ0n) is 8.12. The Balaban J connectivity index is 1.88. The molecule has 0 radical (unpaired) electrons. The van der Waals surface area contributed by atoms with Crippen LogP contribution in [0.2, 0.25) is 0 Å². The van der Waals surface area contributed by atoms with Crippen molar-refractivity contribution in [3.63, 3.8) is 0 Å². The maximum absolute atomic E-state index is 6.12. The van der Waals surface area contributed by atoms with E-state index in [0.29, 0.717) is 0 Å². The fraction of sp³-hybridized carbons (Fsp3) is 0.636. The number of rotatable bonds is 4. The lowest BCUT2D eigenvalue weighted by Gasteiger charge is -2.10. The summed E-state index contributed by atoms with van der Waals surface area (Å²) in [6.07, 6.45) is 5.38. The molecule has 1 aromatic rings. The molecule has 1 nitrogen and oxygen atoms in total. The van der Waals surface area contributed by atoms with Crippen LogP contribution in [-0.2, 0) is 0 Å². The van der Waals surface area contributed by atoms with Crippen molar-refractivity contribution >= 4 is 11.3 Å². The molecule has 0 aromatic carbocycles. The second kappa shape index (κ2) is 3.81. The van der Waals surface area contributed by atoms with Crippen LogP contribution in [0.15, 0.2) is 10.8 Å². The first kappa shape index (κ1) is 9.22. The Morgan fingerprint density at radius 1 is 1.54 bits per heavy atom. The van der Waals surface area contributed by atoms with Gasteiger partial charge in [0, 0.05) is 6.04 Å². The molecule has 0 spiro atoms. The number of aryl methyl sites for hydroxylation is 1. The number of hydrogen-bond donors (Lipinski definition) is 1. The molecule has 13 heavy (non-hydrogen) atoms. The molecule has 1 aromatic heterocycles. The molecule has 2 heteroatoms. The van der Waals surface area contributed by atoms with Crippen LogP contribution >= 0.6 is 11.3 Å². The van der Waals surface area contributed by atoms with Gasteiger partial charge in [-0.1, -0.05) is 12.8 Å². The third-order valence-corrected chi connectivity index (χ3v) is 3.76. The molecule has 1 aliphatic rings. The summed E-state index contributed by atoms with van der Waals surface area (Å²) in [6.45, 7) is 2.16. The first-order chi connectivity index (χ1) is 6.27. The van der Waals surface area contributed by atoms with E-state index in [1.165, 1.54) is 36.8 Å². The van der Waals surface area contributed by atoms with E-state index < -0.39 is 0 Å². The Morgan fingerprint density at radius 2 is 2.31 bits per heavy atom. The standard InChI is InChI=1S/C11H17NS/c1-8-6-13-7-10(8)11(12)5-4-9-2-3-9/h6-7,9,11H,2-5,12H2,1H3. The molecular formula is C11H17NS. The number of nitrogens with two attached hydrogens (primary N) is 1. The van der Waals surface area contributed by atoms with Gasteiger partial charge in [-0.05, 0) is 47.6 Å². The Kier molecular flexibility index (Phi) is 2.70. The van der Waals surface area contributed by atoms with Crippen molar-refractivity contribution in [2.75, 3.05) is 0 Å². The van der Waals surface area contributed by atoms with Crippen LogP contribution in [0.25, 0.3) is 0 Å². The van der Waals surface area contributed by atoms with E-state index in [4.69, 9.17) is 5.73 Å². The fourth-order valence-corrected chi connectivity index (χ4v) is 2.64. The maximum Gasteiger partial charge on any atom is 0.0305 e. The predicted octanol–water partition coefficient (Wildman–Crippen LogP) is 3.25. The molecule has 1 unspecified atom stereocenters. The van der Waals surface area contributed by atoms with E-state index in [2.05, 4.69) is 17.7 Å². The smallest absolute Gasteiger partial charge is 0.0305 e. The third kappa shape index (κ3) is 2.32. The third-order valence-electron chi connectivity index (χ3n) is 2.88. The Labute approximate surface area is 84.0 Å². The average Bonchev–Trinajstić information content (AvgIpc) is 2.84. The van der Waals surface area contributed by atoms with Crippen molar-refractivity contribution in [2.24, 2.45) is 11.7 Å². The molecule has 0 aliphatic heterocycles. The Bertz CT molecular complexity index is 275. The minimum absolute atomic E-state index is 0.284. The highest BCUT2D eigenvalue weighted by molar-refractivity contribution is 7.08. The van der Waals surface area contributed by atoms with Crippen molar-refractivity contribution in [1.82, 2.24) is 0 Å². The molecule has 1 fully saturated rings. The summed E-state index contributed by atoms with van der Waals surface area (Å²) in [5.41, 5.74) is 8.86. The van der Waals surface area contributed by atoms with Gasteiger partial charge in [-0.3, -0.25) is 0 Å². The highest BCUT2D eigenvalue weighted by Gasteiger charge is 2.22. The highest BCUT2D eigenvalue weighted by Crippen LogP contribution is 2.36. The van der Waals surface area contributed by atoms with Gasteiger partial charge < -0.3 is 5.73 Å². The van der Waals surface area contributed by atoms with Crippen LogP contribution in [0.1, 0.15) is 42.9 Å². The Hall–Kier alpha value is -0.340. The summed E-state index contributed by atoms with van der Waals surface area (Å²) in [5, 5.41) is 4.39. The summed E-state index contributed by atoms with van der Waals surface area (Å²) in [7, 11) is 0. The average molecular weight is 195 g/mol. The lowest BCUT2D eigenvalue weighted by Crippen LogP contribution is -2.10. The predicted molar refractivity (Wildman–Crippen MR) is 57.9 cm³/mol. The SMILES string of the molecule is Cc1cscc1C(N)CCC1CC1. The largest absolute Gasteiger partial charge is 0.324 e. The van der Waals surface area contributed by atoms with Gasteiger partial charge in [-0.15, -0.1) is 0 Å². The van der Waals surface area contributed by atoms with Crippen LogP contribution in [0.3, 0.4) is 0 Å². The summed E-state index contributed by atoms with van der Waals surface area (Å²) in [5.74, 6) is 1.00. The molecule has 2 rings (SSSR count). The second-order valence-electron chi connectivity index (χ2n) is 4.14. The molecule has 1 aliphatic carbocycles. The topological polar surface area (TPSA) is 26.0 Å². The van der Waals surface area contributed by atoms with Crippen LogP contribution in [-0.4, -0.2) is 0 Å². The van der Waals surface area contributed by atoms with E-state index >= 15 is 0 Å². The van der Waals surface area contributed by atoms with Gasteiger partial charge in [0.05, 0.1) is 0 Å². The van der Waals surface area contributed by atoms with Gasteiger partial charge in [0.25, 0.3) is 0 Å². The number of hydrogen-bond acceptors (Lipinski definition) is 2. The first-order valence-electron chi connectivity index (χ1n) is 5.05. The van der Waals surface area contributed by atoms with E-state index in [1.807, 2.05) is 0 Å². The van der Waals surface area contributed by atoms with E-state index in [-0.39, 0.29) is 6.04 Å². The van der Waals surface area contributed by atoms with Crippen molar-refractivity contribution in [2.45, 2.75) is 38.6 Å². The minimum Gasteiger partial charge on any atom is -0.324 e. The monoisotopic (exact) mass is 195 g/mol. The first-order valence-corrected chi connectivity index (χ1v) is 6.00. The van der Waals surface area contributed by atoms with Gasteiger partial charge in [0.15, 0.2) is 0 Å². The van der Waals surface area contributed by atoms with Gasteiger partial charge >= 0.3 is 0 Å². The van der Waals surface area contributed by atoms with Crippen LogP contribution in [0.4, 0.5) is 0 Å². The van der Waals surface area contributed by atoms with Crippen molar-refractivity contribution in [1.29, 1.82) is 0 Å². The molecule has 0 bridgehead atoms. The Morgan fingerprint density at radius 3 is 2.85 bits per heavy atom. The van der Waals surface area contributed by atoms with E-state index in [1.54, 1.807) is 11.3 Å². The molecule has 0 saturated heterocycles. The summed E-state index contributed by atoms with van der Waals surface area (Å²) in [6, 6.07) is 0.284. The lowest BCUT2D eigenvalue weighted by atomic mass is 10.0. The van der Waals surface area contributed by atoms with Gasteiger partial charge in [0.1, 0.15) is 0 Å². The summed E-state index contributed by atoms with van der Waals surface area (Å²) < 4.78 is 0. The normalized spacial score (nSPS) is 18.9. The van der Waals surface area contributed by atoms with Gasteiger partial charge in [0.2, 0.25) is 0 Å². The van der Waals surface area contributed by atoms with Crippen molar-refractivity contribution in [3.8, 4) is 0 Å². The van der Waals surface area contributed by atoms with Crippen LogP contribution in [0.5, 0.6) is 0 Å². The zero-order valence-corrected chi connectivity index (χ0v) is 8.94. The van der Waals surface area contributed by atoms with E-state index in [0.717, 1.165) is 5.92 Å². The van der Waals surface area contributed by atoms with E-state index in [9.17, 15) is 0 Å². The maximum atomic E-state index is 6.12. The molecule has 1 atom stereocenters. The molecule has 72 valence electrons. The van der Waals surface area contributed by atoms with Crippen molar-refractivity contribution < 1.29 is 0 Å². The lowest BCUT2D eigenvalue weighted by molar-refractivity contribution is 0.575. The summed E-state index contributed by atoms with van der Waals surface area (Å²) >= 11 is 1.76. The van der Waals surface area contributed by atoms with Crippen molar-refractivity contribution in [3.05, 3.63) is 21.9 Å².